The molecule has 0 fully saturated rings. The Bertz CT molecular complexity index is 518. The fourth-order valence-electron chi connectivity index (χ4n) is 1.41. The summed E-state index contributed by atoms with van der Waals surface area (Å²) in [4.78, 5) is 12.1. The van der Waals surface area contributed by atoms with Gasteiger partial charge < -0.3 is 20.5 Å². The third-order valence-corrected chi connectivity index (χ3v) is 2.31. The molecular weight excluding hydrogens is 246 g/mol. The van der Waals surface area contributed by atoms with E-state index in [-0.39, 0.29) is 6.61 Å². The Morgan fingerprint density at radius 3 is 2.58 bits per heavy atom. The highest BCUT2D eigenvalue weighted by atomic mass is 16.5. The minimum Gasteiger partial charge on any atom is -0.497 e. The Morgan fingerprint density at radius 1 is 1.16 bits per heavy atom. The van der Waals surface area contributed by atoms with Gasteiger partial charge in [0.25, 0.3) is 0 Å². The zero-order chi connectivity index (χ0) is 13.5. The van der Waals surface area contributed by atoms with Gasteiger partial charge in [0.1, 0.15) is 12.1 Å². The standard InChI is InChI=1S/C12H15N5O2/c1-19-10-4-2-9(3-5-10)16-12-15-8-14-11(17-12)13-6-7-18/h2-5,8,18H,6-7H2,1H3,(H2,13,14,15,16,17). The summed E-state index contributed by atoms with van der Waals surface area (Å²) < 4.78 is 5.08. The van der Waals surface area contributed by atoms with E-state index in [1.165, 1.54) is 6.33 Å². The first-order valence-electron chi connectivity index (χ1n) is 5.76. The highest BCUT2D eigenvalue weighted by Gasteiger charge is 2.01. The van der Waals surface area contributed by atoms with Crippen LogP contribution in [0.25, 0.3) is 0 Å². The first-order chi connectivity index (χ1) is 9.31. The molecule has 0 atom stereocenters. The summed E-state index contributed by atoms with van der Waals surface area (Å²) in [6.45, 7) is 0.416. The van der Waals surface area contributed by atoms with E-state index in [1.807, 2.05) is 24.3 Å². The van der Waals surface area contributed by atoms with Crippen LogP contribution in [0, 0.1) is 0 Å². The van der Waals surface area contributed by atoms with Gasteiger partial charge in [0.2, 0.25) is 11.9 Å². The van der Waals surface area contributed by atoms with Crippen LogP contribution in [0.15, 0.2) is 30.6 Å². The third-order valence-electron chi connectivity index (χ3n) is 2.31. The summed E-state index contributed by atoms with van der Waals surface area (Å²) in [7, 11) is 1.62. The minimum absolute atomic E-state index is 0.0208. The van der Waals surface area contributed by atoms with Crippen molar-refractivity contribution in [2.24, 2.45) is 0 Å². The lowest BCUT2D eigenvalue weighted by Gasteiger charge is -2.07. The van der Waals surface area contributed by atoms with Crippen molar-refractivity contribution in [3.8, 4) is 5.75 Å². The van der Waals surface area contributed by atoms with Gasteiger partial charge in [0.05, 0.1) is 13.7 Å². The Morgan fingerprint density at radius 2 is 1.89 bits per heavy atom. The zero-order valence-corrected chi connectivity index (χ0v) is 10.5. The van der Waals surface area contributed by atoms with E-state index < -0.39 is 0 Å². The highest BCUT2D eigenvalue weighted by molar-refractivity contribution is 5.55. The van der Waals surface area contributed by atoms with E-state index in [1.54, 1.807) is 7.11 Å². The lowest BCUT2D eigenvalue weighted by Crippen LogP contribution is -2.10. The summed E-state index contributed by atoms with van der Waals surface area (Å²) >= 11 is 0. The molecule has 2 aromatic rings. The molecule has 7 heteroatoms. The van der Waals surface area contributed by atoms with E-state index in [0.717, 1.165) is 11.4 Å². The maximum Gasteiger partial charge on any atom is 0.231 e. The molecule has 1 aromatic heterocycles. The van der Waals surface area contributed by atoms with Gasteiger partial charge in [0, 0.05) is 12.2 Å². The van der Waals surface area contributed by atoms with Gasteiger partial charge in [-0.1, -0.05) is 0 Å². The predicted molar refractivity (Wildman–Crippen MR) is 71.7 cm³/mol. The van der Waals surface area contributed by atoms with Crippen LogP contribution in [0.4, 0.5) is 17.6 Å². The van der Waals surface area contributed by atoms with Crippen molar-refractivity contribution in [3.05, 3.63) is 30.6 Å². The SMILES string of the molecule is COc1ccc(Nc2ncnc(NCCO)n2)cc1. The van der Waals surface area contributed by atoms with Crippen LogP contribution in [-0.4, -0.2) is 40.3 Å². The molecular formula is C12H15N5O2. The number of nitrogens with one attached hydrogen (secondary N) is 2. The normalized spacial score (nSPS) is 10.0. The fourth-order valence-corrected chi connectivity index (χ4v) is 1.41. The number of rotatable bonds is 6. The molecule has 7 nitrogen and oxygen atoms in total. The number of nitrogens with zero attached hydrogens (tertiary/aromatic N) is 3. The molecule has 0 saturated heterocycles. The second-order valence-electron chi connectivity index (χ2n) is 3.64. The van der Waals surface area contributed by atoms with Crippen LogP contribution in [0.2, 0.25) is 0 Å². The van der Waals surface area contributed by atoms with Crippen LogP contribution in [0.5, 0.6) is 5.75 Å². The van der Waals surface area contributed by atoms with Crippen molar-refractivity contribution in [2.45, 2.75) is 0 Å². The van der Waals surface area contributed by atoms with Crippen LogP contribution in [0.3, 0.4) is 0 Å². The average Bonchev–Trinajstić information content (AvgIpc) is 2.46. The second kappa shape index (κ2) is 6.50. The molecule has 1 heterocycles. The monoisotopic (exact) mass is 261 g/mol. The summed E-state index contributed by atoms with van der Waals surface area (Å²) in [5.41, 5.74) is 0.847. The van der Waals surface area contributed by atoms with E-state index in [4.69, 9.17) is 9.84 Å². The Labute approximate surface area is 110 Å². The Kier molecular flexibility index (Phi) is 4.46. The van der Waals surface area contributed by atoms with Gasteiger partial charge in [-0.3, -0.25) is 0 Å². The molecule has 0 radical (unpaired) electrons. The molecule has 1 aromatic carbocycles. The number of methoxy groups -OCH3 is 1. The van der Waals surface area contributed by atoms with Crippen molar-refractivity contribution in [3.63, 3.8) is 0 Å². The van der Waals surface area contributed by atoms with E-state index in [2.05, 4.69) is 25.6 Å². The zero-order valence-electron chi connectivity index (χ0n) is 10.5. The number of aliphatic hydroxyl groups excluding tert-OH is 1. The third kappa shape index (κ3) is 3.78. The van der Waals surface area contributed by atoms with Crippen LogP contribution < -0.4 is 15.4 Å². The van der Waals surface area contributed by atoms with Crippen molar-refractivity contribution >= 4 is 17.6 Å². The molecule has 0 amide bonds. The summed E-state index contributed by atoms with van der Waals surface area (Å²) in [6.07, 6.45) is 1.40. The van der Waals surface area contributed by atoms with Gasteiger partial charge in [0.15, 0.2) is 0 Å². The molecule has 0 saturated carbocycles. The van der Waals surface area contributed by atoms with Gasteiger partial charge >= 0.3 is 0 Å². The fraction of sp³-hybridized carbons (Fsp3) is 0.250. The molecule has 0 aliphatic rings. The number of hydrogen-bond acceptors (Lipinski definition) is 7. The molecule has 0 bridgehead atoms. The molecule has 0 spiro atoms. The maximum atomic E-state index is 8.72. The molecule has 0 aliphatic heterocycles. The smallest absolute Gasteiger partial charge is 0.231 e. The minimum atomic E-state index is 0.0208. The van der Waals surface area contributed by atoms with Crippen molar-refractivity contribution in [1.82, 2.24) is 15.0 Å². The molecule has 100 valence electrons. The Balaban J connectivity index is 2.05. The van der Waals surface area contributed by atoms with E-state index >= 15 is 0 Å². The van der Waals surface area contributed by atoms with Crippen LogP contribution in [-0.2, 0) is 0 Å². The number of aliphatic hydroxyl groups is 1. The lowest BCUT2D eigenvalue weighted by atomic mass is 10.3. The first-order valence-corrected chi connectivity index (χ1v) is 5.76. The summed E-state index contributed by atoms with van der Waals surface area (Å²) in [5, 5.41) is 14.6. The molecule has 3 N–H and O–H groups in total. The predicted octanol–water partition coefficient (Wildman–Crippen LogP) is 1.03. The topological polar surface area (TPSA) is 92.2 Å². The number of aromatic nitrogens is 3. The number of benzene rings is 1. The van der Waals surface area contributed by atoms with Gasteiger partial charge in [-0.25, -0.2) is 9.97 Å². The molecule has 0 aliphatic carbocycles. The van der Waals surface area contributed by atoms with Crippen molar-refractivity contribution in [2.75, 3.05) is 30.9 Å². The van der Waals surface area contributed by atoms with Crippen LogP contribution >= 0.6 is 0 Å². The number of hydrogen-bond donors (Lipinski definition) is 3. The Hall–Kier alpha value is -2.41. The molecule has 0 unspecified atom stereocenters. The second-order valence-corrected chi connectivity index (χ2v) is 3.64. The van der Waals surface area contributed by atoms with Crippen LogP contribution in [0.1, 0.15) is 0 Å². The molecule has 2 rings (SSSR count). The quantitative estimate of drug-likeness (QED) is 0.715. The maximum absolute atomic E-state index is 8.72. The summed E-state index contributed by atoms with van der Waals surface area (Å²) in [5.74, 6) is 1.63. The van der Waals surface area contributed by atoms with E-state index in [0.29, 0.717) is 18.4 Å². The van der Waals surface area contributed by atoms with Gasteiger partial charge in [-0.05, 0) is 24.3 Å². The first kappa shape index (κ1) is 13.0. The summed E-state index contributed by atoms with van der Waals surface area (Å²) in [6, 6.07) is 7.41. The van der Waals surface area contributed by atoms with Gasteiger partial charge in [-0.2, -0.15) is 4.98 Å². The molecule has 19 heavy (non-hydrogen) atoms. The average molecular weight is 261 g/mol. The number of anilines is 3. The van der Waals surface area contributed by atoms with Gasteiger partial charge in [-0.15, -0.1) is 0 Å². The number of ether oxygens (including phenoxy) is 1. The largest absolute Gasteiger partial charge is 0.497 e. The van der Waals surface area contributed by atoms with Crippen molar-refractivity contribution < 1.29 is 9.84 Å². The van der Waals surface area contributed by atoms with E-state index in [9.17, 15) is 0 Å². The lowest BCUT2D eigenvalue weighted by molar-refractivity contribution is 0.311. The highest BCUT2D eigenvalue weighted by Crippen LogP contribution is 2.17. The van der Waals surface area contributed by atoms with Crippen molar-refractivity contribution in [1.29, 1.82) is 0 Å².